The molecule has 0 bridgehead atoms. The molecule has 0 fully saturated rings. The lowest BCUT2D eigenvalue weighted by Gasteiger charge is -2.18. The van der Waals surface area contributed by atoms with E-state index in [1.54, 1.807) is 18.2 Å². The second kappa shape index (κ2) is 6.20. The quantitative estimate of drug-likeness (QED) is 0.745. The molecule has 0 aliphatic carbocycles. The molecule has 1 unspecified atom stereocenters. The molecule has 0 N–H and O–H groups in total. The lowest BCUT2D eigenvalue weighted by molar-refractivity contribution is 0.101. The van der Waals surface area contributed by atoms with E-state index in [0.717, 1.165) is 6.42 Å². The monoisotopic (exact) mass is 245 g/mol. The number of Topliss-reactive ketones (excluding diaryl/α,β-unsaturated/α-hetero) is 1. The molecule has 1 aromatic rings. The summed E-state index contributed by atoms with van der Waals surface area (Å²) in [5.41, 5.74) is 1.04. The maximum atomic E-state index is 11.5. The Morgan fingerprint density at radius 3 is 2.56 bits per heavy atom. The Hall–Kier alpha value is -1.82. The van der Waals surface area contributed by atoms with E-state index in [2.05, 4.69) is 19.9 Å². The molecule has 0 heterocycles. The van der Waals surface area contributed by atoms with Crippen molar-refractivity contribution in [1.29, 1.82) is 5.26 Å². The molecule has 0 aliphatic heterocycles. The van der Waals surface area contributed by atoms with Crippen LogP contribution in [0.3, 0.4) is 0 Å². The van der Waals surface area contributed by atoms with Crippen LogP contribution in [0.15, 0.2) is 18.2 Å². The summed E-state index contributed by atoms with van der Waals surface area (Å²) >= 11 is 0. The van der Waals surface area contributed by atoms with Crippen molar-refractivity contribution in [2.45, 2.75) is 40.2 Å². The van der Waals surface area contributed by atoms with Crippen molar-refractivity contribution in [2.75, 3.05) is 0 Å². The molecule has 3 nitrogen and oxygen atoms in total. The lowest BCUT2D eigenvalue weighted by Crippen LogP contribution is -2.16. The summed E-state index contributed by atoms with van der Waals surface area (Å²) in [5, 5.41) is 8.88. The normalized spacial score (nSPS) is 12.0. The third-order valence-electron chi connectivity index (χ3n) is 2.62. The van der Waals surface area contributed by atoms with Gasteiger partial charge in [-0.25, -0.2) is 0 Å². The summed E-state index contributed by atoms with van der Waals surface area (Å²) < 4.78 is 5.79. The fraction of sp³-hybridized carbons (Fsp3) is 0.467. The second-order valence-electron chi connectivity index (χ2n) is 4.94. The summed E-state index contributed by atoms with van der Waals surface area (Å²) in [5.74, 6) is 0.987. The Balaban J connectivity index is 2.98. The predicted molar refractivity (Wildman–Crippen MR) is 70.7 cm³/mol. The number of hydrogen-bond donors (Lipinski definition) is 0. The predicted octanol–water partition coefficient (Wildman–Crippen LogP) is 3.57. The third kappa shape index (κ3) is 3.89. The number of ether oxygens (including phenoxy) is 1. The number of nitrogens with zero attached hydrogens (tertiary/aromatic N) is 1. The number of ketones is 1. The van der Waals surface area contributed by atoms with E-state index in [1.807, 2.05) is 6.92 Å². The van der Waals surface area contributed by atoms with Gasteiger partial charge in [0, 0.05) is 0 Å². The van der Waals surface area contributed by atoms with Crippen molar-refractivity contribution in [2.24, 2.45) is 5.92 Å². The number of carbonyl (C=O) groups excluding carboxylic acids is 1. The Morgan fingerprint density at radius 2 is 2.06 bits per heavy atom. The number of nitriles is 1. The van der Waals surface area contributed by atoms with Gasteiger partial charge in [0.05, 0.1) is 23.3 Å². The van der Waals surface area contributed by atoms with Gasteiger partial charge < -0.3 is 4.74 Å². The van der Waals surface area contributed by atoms with Crippen molar-refractivity contribution in [3.8, 4) is 11.8 Å². The Bertz CT molecular complexity index is 472. The number of hydrogen-bond acceptors (Lipinski definition) is 3. The SMILES string of the molecule is CC(=O)c1ccc(C#N)cc1OC(C)CC(C)C. The van der Waals surface area contributed by atoms with E-state index in [4.69, 9.17) is 10.00 Å². The largest absolute Gasteiger partial charge is 0.490 e. The zero-order chi connectivity index (χ0) is 13.7. The minimum atomic E-state index is -0.0498. The van der Waals surface area contributed by atoms with Gasteiger partial charge in [-0.05, 0) is 44.4 Å². The van der Waals surface area contributed by atoms with Gasteiger partial charge in [0.25, 0.3) is 0 Å². The van der Waals surface area contributed by atoms with Gasteiger partial charge in [-0.3, -0.25) is 4.79 Å². The van der Waals surface area contributed by atoms with Gasteiger partial charge in [-0.1, -0.05) is 13.8 Å². The molecule has 1 atom stereocenters. The molecule has 0 aliphatic rings. The summed E-state index contributed by atoms with van der Waals surface area (Å²) in [7, 11) is 0. The molecule has 0 spiro atoms. The van der Waals surface area contributed by atoms with Crippen molar-refractivity contribution < 1.29 is 9.53 Å². The van der Waals surface area contributed by atoms with Crippen molar-refractivity contribution in [3.63, 3.8) is 0 Å². The molecule has 0 radical (unpaired) electrons. The lowest BCUT2D eigenvalue weighted by atomic mass is 10.1. The highest BCUT2D eigenvalue weighted by molar-refractivity contribution is 5.97. The third-order valence-corrected chi connectivity index (χ3v) is 2.62. The smallest absolute Gasteiger partial charge is 0.163 e. The van der Waals surface area contributed by atoms with Crippen LogP contribution in [0, 0.1) is 17.2 Å². The van der Waals surface area contributed by atoms with Crippen LogP contribution in [-0.2, 0) is 0 Å². The van der Waals surface area contributed by atoms with Gasteiger partial charge in [-0.15, -0.1) is 0 Å². The summed E-state index contributed by atoms with van der Waals surface area (Å²) in [6.45, 7) is 7.72. The Morgan fingerprint density at radius 1 is 1.39 bits per heavy atom. The number of rotatable bonds is 5. The van der Waals surface area contributed by atoms with Gasteiger partial charge in [0.15, 0.2) is 5.78 Å². The van der Waals surface area contributed by atoms with E-state index in [-0.39, 0.29) is 11.9 Å². The first-order valence-electron chi connectivity index (χ1n) is 6.15. The average Bonchev–Trinajstić information content (AvgIpc) is 2.27. The van der Waals surface area contributed by atoms with Gasteiger partial charge in [0.2, 0.25) is 0 Å². The van der Waals surface area contributed by atoms with Crippen LogP contribution in [0.4, 0.5) is 0 Å². The fourth-order valence-corrected chi connectivity index (χ4v) is 1.91. The summed E-state index contributed by atoms with van der Waals surface area (Å²) in [4.78, 5) is 11.5. The fourth-order valence-electron chi connectivity index (χ4n) is 1.91. The Labute approximate surface area is 108 Å². The van der Waals surface area contributed by atoms with E-state index in [9.17, 15) is 4.79 Å². The second-order valence-corrected chi connectivity index (χ2v) is 4.94. The standard InChI is InChI=1S/C15H19NO2/c1-10(2)7-11(3)18-15-8-13(9-16)5-6-14(15)12(4)17/h5-6,8,10-11H,7H2,1-4H3. The first kappa shape index (κ1) is 14.2. The highest BCUT2D eigenvalue weighted by Gasteiger charge is 2.13. The zero-order valence-electron chi connectivity index (χ0n) is 11.4. The maximum Gasteiger partial charge on any atom is 0.163 e. The Kier molecular flexibility index (Phi) is 4.91. The van der Waals surface area contributed by atoms with Crippen molar-refractivity contribution in [1.82, 2.24) is 0 Å². The van der Waals surface area contributed by atoms with Gasteiger partial charge in [-0.2, -0.15) is 5.26 Å². The van der Waals surface area contributed by atoms with Crippen LogP contribution in [0.25, 0.3) is 0 Å². The minimum absolute atomic E-state index is 0.0250. The summed E-state index contributed by atoms with van der Waals surface area (Å²) in [6, 6.07) is 6.98. The molecule has 1 aromatic carbocycles. The molecule has 1 rings (SSSR count). The van der Waals surface area contributed by atoms with Crippen LogP contribution in [0.2, 0.25) is 0 Å². The van der Waals surface area contributed by atoms with E-state index in [1.165, 1.54) is 6.92 Å². The van der Waals surface area contributed by atoms with E-state index >= 15 is 0 Å². The summed E-state index contributed by atoms with van der Waals surface area (Å²) in [6.07, 6.45) is 0.936. The highest BCUT2D eigenvalue weighted by atomic mass is 16.5. The first-order chi connectivity index (χ1) is 8.43. The van der Waals surface area contributed by atoms with Crippen LogP contribution >= 0.6 is 0 Å². The van der Waals surface area contributed by atoms with Gasteiger partial charge in [0.1, 0.15) is 5.75 Å². The van der Waals surface area contributed by atoms with Crippen molar-refractivity contribution in [3.05, 3.63) is 29.3 Å². The average molecular weight is 245 g/mol. The topological polar surface area (TPSA) is 50.1 Å². The van der Waals surface area contributed by atoms with Crippen molar-refractivity contribution >= 4 is 5.78 Å². The van der Waals surface area contributed by atoms with Crippen LogP contribution < -0.4 is 4.74 Å². The van der Waals surface area contributed by atoms with Crippen LogP contribution in [-0.4, -0.2) is 11.9 Å². The van der Waals surface area contributed by atoms with E-state index in [0.29, 0.717) is 22.8 Å². The number of benzene rings is 1. The first-order valence-corrected chi connectivity index (χ1v) is 6.15. The van der Waals surface area contributed by atoms with E-state index < -0.39 is 0 Å². The zero-order valence-corrected chi connectivity index (χ0v) is 11.4. The molecule has 3 heteroatoms. The molecule has 96 valence electrons. The number of carbonyl (C=O) groups is 1. The van der Waals surface area contributed by atoms with Crippen LogP contribution in [0.5, 0.6) is 5.75 Å². The highest BCUT2D eigenvalue weighted by Crippen LogP contribution is 2.23. The maximum absolute atomic E-state index is 11.5. The van der Waals surface area contributed by atoms with Crippen LogP contribution in [0.1, 0.15) is 50.0 Å². The minimum Gasteiger partial charge on any atom is -0.490 e. The molecule has 0 saturated carbocycles. The molecular weight excluding hydrogens is 226 g/mol. The molecular formula is C15H19NO2. The molecule has 0 saturated heterocycles. The molecule has 0 aromatic heterocycles. The molecule has 0 amide bonds. The molecule has 18 heavy (non-hydrogen) atoms. The van der Waals surface area contributed by atoms with Gasteiger partial charge >= 0.3 is 0 Å².